The smallest absolute Gasteiger partial charge is 0.337 e. The summed E-state index contributed by atoms with van der Waals surface area (Å²) in [6.45, 7) is 0.791. The first-order chi connectivity index (χ1) is 7.27. The summed E-state index contributed by atoms with van der Waals surface area (Å²) >= 11 is 0. The Bertz CT molecular complexity index is 319. The van der Waals surface area contributed by atoms with Gasteiger partial charge >= 0.3 is 11.9 Å². The van der Waals surface area contributed by atoms with E-state index in [1.165, 1.54) is 12.5 Å². The molecule has 2 rings (SSSR count). The van der Waals surface area contributed by atoms with Crippen molar-refractivity contribution in [3.63, 3.8) is 0 Å². The summed E-state index contributed by atoms with van der Waals surface area (Å²) < 4.78 is 14.4. The van der Waals surface area contributed by atoms with Gasteiger partial charge in [-0.1, -0.05) is 0 Å². The van der Waals surface area contributed by atoms with Crippen LogP contribution in [0, 0.1) is 0 Å². The number of ether oxygens (including phenoxy) is 3. The van der Waals surface area contributed by atoms with Crippen LogP contribution in [0.3, 0.4) is 0 Å². The standard InChI is InChI=1S/C10H10O5/c11-9-7(1-3-14-9)5-13-6-8-2-4-15-10(8)12/h5-6H,1-4H2. The van der Waals surface area contributed by atoms with Gasteiger partial charge in [-0.15, -0.1) is 0 Å². The zero-order valence-electron chi connectivity index (χ0n) is 8.02. The maximum absolute atomic E-state index is 11.0. The third-order valence-corrected chi connectivity index (χ3v) is 2.15. The second-order valence-electron chi connectivity index (χ2n) is 3.19. The zero-order chi connectivity index (χ0) is 10.7. The zero-order valence-corrected chi connectivity index (χ0v) is 8.02. The number of cyclic esters (lactones) is 2. The van der Waals surface area contributed by atoms with Gasteiger partial charge in [0, 0.05) is 12.8 Å². The van der Waals surface area contributed by atoms with Gasteiger partial charge in [-0.2, -0.15) is 0 Å². The molecule has 80 valence electrons. The normalized spacial score (nSPS) is 25.9. The largest absolute Gasteiger partial charge is 0.472 e. The summed E-state index contributed by atoms with van der Waals surface area (Å²) in [6.07, 6.45) is 3.72. The van der Waals surface area contributed by atoms with Crippen molar-refractivity contribution in [1.29, 1.82) is 0 Å². The van der Waals surface area contributed by atoms with Gasteiger partial charge in [-0.05, 0) is 0 Å². The highest BCUT2D eigenvalue weighted by molar-refractivity contribution is 5.90. The molecule has 0 spiro atoms. The van der Waals surface area contributed by atoms with E-state index in [9.17, 15) is 9.59 Å². The Morgan fingerprint density at radius 1 is 0.933 bits per heavy atom. The predicted molar refractivity (Wildman–Crippen MR) is 48.4 cm³/mol. The lowest BCUT2D eigenvalue weighted by Gasteiger charge is -1.94. The molecular weight excluding hydrogens is 200 g/mol. The van der Waals surface area contributed by atoms with Gasteiger partial charge in [0.05, 0.1) is 24.4 Å². The molecule has 0 unspecified atom stereocenters. The van der Waals surface area contributed by atoms with Crippen LogP contribution < -0.4 is 0 Å². The van der Waals surface area contributed by atoms with Gasteiger partial charge in [0.25, 0.3) is 0 Å². The molecule has 5 nitrogen and oxygen atoms in total. The van der Waals surface area contributed by atoms with E-state index in [1.54, 1.807) is 0 Å². The summed E-state index contributed by atoms with van der Waals surface area (Å²) in [6, 6.07) is 0. The van der Waals surface area contributed by atoms with Crippen molar-refractivity contribution in [3.05, 3.63) is 23.7 Å². The Morgan fingerprint density at radius 2 is 1.40 bits per heavy atom. The Kier molecular flexibility index (Phi) is 2.71. The molecule has 0 amide bonds. The first-order valence-electron chi connectivity index (χ1n) is 4.65. The number of carbonyl (C=O) groups is 2. The van der Waals surface area contributed by atoms with Crippen molar-refractivity contribution < 1.29 is 23.8 Å². The third kappa shape index (κ3) is 2.18. The molecule has 2 aliphatic rings. The highest BCUT2D eigenvalue weighted by Crippen LogP contribution is 2.15. The van der Waals surface area contributed by atoms with Crippen molar-refractivity contribution in [3.8, 4) is 0 Å². The minimum absolute atomic E-state index is 0.359. The topological polar surface area (TPSA) is 61.8 Å². The van der Waals surface area contributed by atoms with Crippen LogP contribution in [-0.4, -0.2) is 25.2 Å². The molecule has 0 aromatic rings. The van der Waals surface area contributed by atoms with Crippen LogP contribution >= 0.6 is 0 Å². The number of hydrogen-bond acceptors (Lipinski definition) is 5. The van der Waals surface area contributed by atoms with Crippen LogP contribution in [0.25, 0.3) is 0 Å². The van der Waals surface area contributed by atoms with Gasteiger partial charge in [0.2, 0.25) is 0 Å². The lowest BCUT2D eigenvalue weighted by atomic mass is 10.2. The molecule has 0 bridgehead atoms. The van der Waals surface area contributed by atoms with Gasteiger partial charge in [0.15, 0.2) is 0 Å². The SMILES string of the molecule is O=C1OCCC1=COC=C1CCOC1=O. The van der Waals surface area contributed by atoms with Gasteiger partial charge < -0.3 is 14.2 Å². The first kappa shape index (κ1) is 9.76. The third-order valence-electron chi connectivity index (χ3n) is 2.15. The molecular formula is C10H10O5. The predicted octanol–water partition coefficient (Wildman–Crippen LogP) is 0.665. The van der Waals surface area contributed by atoms with Crippen molar-refractivity contribution in [2.24, 2.45) is 0 Å². The fourth-order valence-corrected chi connectivity index (χ4v) is 1.31. The molecule has 0 radical (unpaired) electrons. The average Bonchev–Trinajstić information content (AvgIpc) is 2.78. The van der Waals surface area contributed by atoms with Crippen molar-refractivity contribution >= 4 is 11.9 Å². The van der Waals surface area contributed by atoms with Crippen LogP contribution in [0.1, 0.15) is 12.8 Å². The summed E-state index contributed by atoms with van der Waals surface area (Å²) in [5.74, 6) is -0.718. The summed E-state index contributed by atoms with van der Waals surface area (Å²) in [7, 11) is 0. The molecule has 0 aliphatic carbocycles. The molecule has 2 heterocycles. The van der Waals surface area contributed by atoms with Crippen molar-refractivity contribution in [2.45, 2.75) is 12.8 Å². The second-order valence-corrected chi connectivity index (χ2v) is 3.19. The van der Waals surface area contributed by atoms with Crippen molar-refractivity contribution in [2.75, 3.05) is 13.2 Å². The van der Waals surface area contributed by atoms with E-state index < -0.39 is 0 Å². The number of esters is 2. The Morgan fingerprint density at radius 3 is 1.73 bits per heavy atom. The molecule has 0 aromatic heterocycles. The maximum atomic E-state index is 11.0. The van der Waals surface area contributed by atoms with Crippen LogP contribution in [0.5, 0.6) is 0 Å². The first-order valence-corrected chi connectivity index (χ1v) is 4.65. The van der Waals surface area contributed by atoms with E-state index in [0.717, 1.165) is 0 Å². The quantitative estimate of drug-likeness (QED) is 0.380. The minimum atomic E-state index is -0.359. The second kappa shape index (κ2) is 4.16. The highest BCUT2D eigenvalue weighted by atomic mass is 16.5. The monoisotopic (exact) mass is 210 g/mol. The summed E-state index contributed by atoms with van der Waals surface area (Å²) in [4.78, 5) is 22.0. The van der Waals surface area contributed by atoms with Crippen LogP contribution in [0.15, 0.2) is 23.7 Å². The molecule has 15 heavy (non-hydrogen) atoms. The Balaban J connectivity index is 1.93. The van der Waals surface area contributed by atoms with E-state index in [0.29, 0.717) is 37.2 Å². The van der Waals surface area contributed by atoms with Crippen LogP contribution in [0.4, 0.5) is 0 Å². The van der Waals surface area contributed by atoms with Crippen LogP contribution in [-0.2, 0) is 23.8 Å². The highest BCUT2D eigenvalue weighted by Gasteiger charge is 2.20. The molecule has 2 fully saturated rings. The van der Waals surface area contributed by atoms with Crippen molar-refractivity contribution in [1.82, 2.24) is 0 Å². The Labute approximate surface area is 86.3 Å². The van der Waals surface area contributed by atoms with Crippen LogP contribution in [0.2, 0.25) is 0 Å². The number of rotatable bonds is 2. The molecule has 2 aliphatic heterocycles. The molecule has 0 saturated carbocycles. The maximum Gasteiger partial charge on any atom is 0.337 e. The minimum Gasteiger partial charge on any atom is -0.472 e. The van der Waals surface area contributed by atoms with E-state index in [-0.39, 0.29) is 11.9 Å². The summed E-state index contributed by atoms with van der Waals surface area (Å²) in [5, 5.41) is 0. The summed E-state index contributed by atoms with van der Waals surface area (Å²) in [5.41, 5.74) is 0.969. The van der Waals surface area contributed by atoms with Gasteiger partial charge in [-0.3, -0.25) is 0 Å². The van der Waals surface area contributed by atoms with E-state index >= 15 is 0 Å². The molecule has 0 atom stereocenters. The average molecular weight is 210 g/mol. The lowest BCUT2D eigenvalue weighted by molar-refractivity contribution is -0.135. The molecule has 5 heteroatoms. The van der Waals surface area contributed by atoms with E-state index in [2.05, 4.69) is 0 Å². The fourth-order valence-electron chi connectivity index (χ4n) is 1.31. The van der Waals surface area contributed by atoms with Gasteiger partial charge in [0.1, 0.15) is 12.5 Å². The fraction of sp³-hybridized carbons (Fsp3) is 0.400. The molecule has 0 N–H and O–H groups in total. The van der Waals surface area contributed by atoms with Gasteiger partial charge in [-0.25, -0.2) is 9.59 Å². The Hall–Kier alpha value is -1.78. The number of hydrogen-bond donors (Lipinski definition) is 0. The number of carbonyl (C=O) groups excluding carboxylic acids is 2. The van der Waals surface area contributed by atoms with E-state index in [4.69, 9.17) is 14.2 Å². The molecule has 0 aromatic carbocycles. The molecule has 2 saturated heterocycles. The lowest BCUT2D eigenvalue weighted by Crippen LogP contribution is -1.96. The van der Waals surface area contributed by atoms with E-state index in [1.807, 2.05) is 0 Å².